The summed E-state index contributed by atoms with van der Waals surface area (Å²) in [7, 11) is 0. The second-order valence-corrected chi connectivity index (χ2v) is 6.95. The van der Waals surface area contributed by atoms with Crippen molar-refractivity contribution in [3.63, 3.8) is 0 Å². The third-order valence-electron chi connectivity index (χ3n) is 4.90. The summed E-state index contributed by atoms with van der Waals surface area (Å²) in [6.07, 6.45) is -0.0801. The lowest BCUT2D eigenvalue weighted by Gasteiger charge is -2.13. The molecule has 1 aliphatic rings. The van der Waals surface area contributed by atoms with E-state index in [1.807, 2.05) is 19.9 Å². The molecular formula is C22H21FN4O3. The number of anilines is 2. The summed E-state index contributed by atoms with van der Waals surface area (Å²) in [4.78, 5) is 25.2. The molecule has 2 heterocycles. The van der Waals surface area contributed by atoms with Gasteiger partial charge in [0.1, 0.15) is 23.4 Å². The SMILES string of the molecule is CCOc1ccccc1NC(=O)CC1C(=O)Nc2c(-c3ccc(F)cc3)c(C)nn21. The molecule has 4 rings (SSSR count). The number of aromatic nitrogens is 2. The second-order valence-electron chi connectivity index (χ2n) is 6.95. The van der Waals surface area contributed by atoms with Crippen molar-refractivity contribution >= 4 is 23.3 Å². The molecule has 1 unspecified atom stereocenters. The molecule has 7 nitrogen and oxygen atoms in total. The summed E-state index contributed by atoms with van der Waals surface area (Å²) >= 11 is 0. The Labute approximate surface area is 172 Å². The summed E-state index contributed by atoms with van der Waals surface area (Å²) in [5.41, 5.74) is 2.69. The second kappa shape index (κ2) is 7.98. The summed E-state index contributed by atoms with van der Waals surface area (Å²) < 4.78 is 20.3. The number of aryl methyl sites for hydroxylation is 1. The summed E-state index contributed by atoms with van der Waals surface area (Å²) in [6.45, 7) is 4.15. The van der Waals surface area contributed by atoms with Gasteiger partial charge in [0.05, 0.1) is 24.4 Å². The Balaban J connectivity index is 1.56. The minimum atomic E-state index is -0.771. The number of halogens is 1. The highest BCUT2D eigenvalue weighted by Gasteiger charge is 2.36. The van der Waals surface area contributed by atoms with Crippen LogP contribution in [0, 0.1) is 12.7 Å². The largest absolute Gasteiger partial charge is 0.492 e. The zero-order chi connectivity index (χ0) is 21.3. The van der Waals surface area contributed by atoms with Gasteiger partial charge in [-0.05, 0) is 43.7 Å². The number of benzene rings is 2. The number of hydrogen-bond donors (Lipinski definition) is 2. The molecular weight excluding hydrogens is 387 g/mol. The molecule has 2 N–H and O–H groups in total. The Bertz CT molecular complexity index is 1110. The van der Waals surface area contributed by atoms with E-state index in [0.29, 0.717) is 35.1 Å². The molecule has 0 saturated heterocycles. The van der Waals surface area contributed by atoms with Gasteiger partial charge in [-0.1, -0.05) is 24.3 Å². The van der Waals surface area contributed by atoms with Gasteiger partial charge >= 0.3 is 0 Å². The number of carbonyl (C=O) groups is 2. The van der Waals surface area contributed by atoms with E-state index >= 15 is 0 Å². The molecule has 1 aliphatic heterocycles. The molecule has 0 fully saturated rings. The zero-order valence-electron chi connectivity index (χ0n) is 16.6. The van der Waals surface area contributed by atoms with Gasteiger partial charge in [-0.25, -0.2) is 9.07 Å². The molecule has 3 aromatic rings. The van der Waals surface area contributed by atoms with Crippen LogP contribution in [0.4, 0.5) is 15.9 Å². The summed E-state index contributed by atoms with van der Waals surface area (Å²) in [5.74, 6) is 0.0990. The molecule has 2 aromatic carbocycles. The summed E-state index contributed by atoms with van der Waals surface area (Å²) in [5, 5.41) is 10.1. The first-order chi connectivity index (χ1) is 14.5. The van der Waals surface area contributed by atoms with E-state index in [9.17, 15) is 14.0 Å². The fourth-order valence-electron chi connectivity index (χ4n) is 3.57. The van der Waals surface area contributed by atoms with Crippen LogP contribution in [0.5, 0.6) is 5.75 Å². The van der Waals surface area contributed by atoms with Crippen LogP contribution < -0.4 is 15.4 Å². The minimum absolute atomic E-state index is 0.0801. The van der Waals surface area contributed by atoms with E-state index in [4.69, 9.17) is 4.74 Å². The van der Waals surface area contributed by atoms with E-state index in [1.165, 1.54) is 16.8 Å². The topological polar surface area (TPSA) is 85.2 Å². The highest BCUT2D eigenvalue weighted by molar-refractivity contribution is 6.04. The lowest BCUT2D eigenvalue weighted by Crippen LogP contribution is -2.24. The van der Waals surface area contributed by atoms with Crippen molar-refractivity contribution < 1.29 is 18.7 Å². The number of hydrogen-bond acceptors (Lipinski definition) is 4. The molecule has 0 saturated carbocycles. The van der Waals surface area contributed by atoms with Crippen molar-refractivity contribution in [3.05, 3.63) is 60.0 Å². The third kappa shape index (κ3) is 3.63. The number of ether oxygens (including phenoxy) is 1. The van der Waals surface area contributed by atoms with Crippen LogP contribution in [0.3, 0.4) is 0 Å². The van der Waals surface area contributed by atoms with Crippen molar-refractivity contribution in [2.75, 3.05) is 17.2 Å². The maximum Gasteiger partial charge on any atom is 0.251 e. The molecule has 0 aliphatic carbocycles. The van der Waals surface area contributed by atoms with Crippen molar-refractivity contribution in [1.29, 1.82) is 0 Å². The summed E-state index contributed by atoms with van der Waals surface area (Å²) in [6, 6.07) is 12.3. The van der Waals surface area contributed by atoms with E-state index in [0.717, 1.165) is 5.56 Å². The fourth-order valence-corrected chi connectivity index (χ4v) is 3.57. The Kier molecular flexibility index (Phi) is 5.22. The van der Waals surface area contributed by atoms with Crippen LogP contribution >= 0.6 is 0 Å². The maximum absolute atomic E-state index is 13.3. The van der Waals surface area contributed by atoms with Crippen LogP contribution in [0.2, 0.25) is 0 Å². The Morgan fingerprint density at radius 3 is 2.70 bits per heavy atom. The zero-order valence-corrected chi connectivity index (χ0v) is 16.6. The van der Waals surface area contributed by atoms with Gasteiger partial charge in [0.2, 0.25) is 5.91 Å². The number of carbonyl (C=O) groups excluding carboxylic acids is 2. The number of amides is 2. The average Bonchev–Trinajstić information content (AvgIpc) is 3.18. The highest BCUT2D eigenvalue weighted by atomic mass is 19.1. The number of rotatable bonds is 6. The third-order valence-corrected chi connectivity index (χ3v) is 4.90. The normalized spacial score (nSPS) is 14.9. The van der Waals surface area contributed by atoms with Crippen LogP contribution in [-0.4, -0.2) is 28.2 Å². The molecule has 30 heavy (non-hydrogen) atoms. The van der Waals surface area contributed by atoms with E-state index in [1.54, 1.807) is 30.3 Å². The lowest BCUT2D eigenvalue weighted by molar-refractivity contribution is -0.123. The molecule has 154 valence electrons. The quantitative estimate of drug-likeness (QED) is 0.647. The number of nitrogens with one attached hydrogen (secondary N) is 2. The monoisotopic (exact) mass is 408 g/mol. The van der Waals surface area contributed by atoms with Crippen molar-refractivity contribution in [3.8, 4) is 16.9 Å². The van der Waals surface area contributed by atoms with Gasteiger partial charge in [-0.2, -0.15) is 5.10 Å². The molecule has 1 aromatic heterocycles. The molecule has 1 atom stereocenters. The van der Waals surface area contributed by atoms with E-state index in [2.05, 4.69) is 15.7 Å². The molecule has 0 spiro atoms. The van der Waals surface area contributed by atoms with Crippen LogP contribution in [0.15, 0.2) is 48.5 Å². The first-order valence-electron chi connectivity index (χ1n) is 9.65. The van der Waals surface area contributed by atoms with E-state index in [-0.39, 0.29) is 24.1 Å². The fraction of sp³-hybridized carbons (Fsp3) is 0.227. The van der Waals surface area contributed by atoms with Crippen LogP contribution in [0.1, 0.15) is 25.1 Å². The highest BCUT2D eigenvalue weighted by Crippen LogP contribution is 2.38. The van der Waals surface area contributed by atoms with Gasteiger partial charge in [0, 0.05) is 5.56 Å². The van der Waals surface area contributed by atoms with Gasteiger partial charge in [-0.3, -0.25) is 9.59 Å². The van der Waals surface area contributed by atoms with Crippen LogP contribution in [0.25, 0.3) is 11.1 Å². The smallest absolute Gasteiger partial charge is 0.251 e. The predicted octanol–water partition coefficient (Wildman–Crippen LogP) is 3.92. The molecule has 8 heteroatoms. The van der Waals surface area contributed by atoms with Crippen molar-refractivity contribution in [2.24, 2.45) is 0 Å². The number of nitrogens with zero attached hydrogens (tertiary/aromatic N) is 2. The van der Waals surface area contributed by atoms with Gasteiger partial charge in [0.15, 0.2) is 0 Å². The molecule has 2 amide bonds. The molecule has 0 radical (unpaired) electrons. The lowest BCUT2D eigenvalue weighted by atomic mass is 10.1. The standard InChI is InChI=1S/C22H21FN4O3/c1-3-30-18-7-5-4-6-16(18)24-19(28)12-17-22(29)25-21-20(13(2)26-27(17)21)14-8-10-15(23)11-9-14/h4-11,17H,3,12H2,1-2H3,(H,24,28)(H,25,29). The first kappa shape index (κ1) is 19.6. The van der Waals surface area contributed by atoms with E-state index < -0.39 is 6.04 Å². The van der Waals surface area contributed by atoms with Gasteiger partial charge in [0.25, 0.3) is 5.91 Å². The Morgan fingerprint density at radius 2 is 1.97 bits per heavy atom. The van der Waals surface area contributed by atoms with Gasteiger partial charge in [-0.15, -0.1) is 0 Å². The van der Waals surface area contributed by atoms with Crippen LogP contribution in [-0.2, 0) is 9.59 Å². The number of para-hydroxylation sites is 2. The maximum atomic E-state index is 13.3. The van der Waals surface area contributed by atoms with Crippen molar-refractivity contribution in [1.82, 2.24) is 9.78 Å². The first-order valence-corrected chi connectivity index (χ1v) is 9.65. The van der Waals surface area contributed by atoms with Crippen molar-refractivity contribution in [2.45, 2.75) is 26.3 Å². The number of fused-ring (bicyclic) bond motifs is 1. The Hall–Kier alpha value is -3.68. The predicted molar refractivity (Wildman–Crippen MR) is 111 cm³/mol. The van der Waals surface area contributed by atoms with Gasteiger partial charge < -0.3 is 15.4 Å². The average molecular weight is 408 g/mol. The molecule has 0 bridgehead atoms. The minimum Gasteiger partial charge on any atom is -0.492 e. The Morgan fingerprint density at radius 1 is 1.23 bits per heavy atom.